The Morgan fingerprint density at radius 1 is 1.00 bits per heavy atom. The van der Waals surface area contributed by atoms with E-state index in [1.807, 2.05) is 0 Å². The zero-order chi connectivity index (χ0) is 11.4. The van der Waals surface area contributed by atoms with Gasteiger partial charge < -0.3 is 5.11 Å². The molecule has 16 heavy (non-hydrogen) atoms. The summed E-state index contributed by atoms with van der Waals surface area (Å²) < 4.78 is 0. The second-order valence-corrected chi connectivity index (χ2v) is 4.13. The van der Waals surface area contributed by atoms with Crippen LogP contribution in [0, 0.1) is 6.42 Å². The molecule has 0 aliphatic rings. The van der Waals surface area contributed by atoms with Gasteiger partial charge in [0.05, 0.1) is 0 Å². The molecule has 0 aromatic rings. The molecule has 0 rings (SSSR count). The van der Waals surface area contributed by atoms with Crippen LogP contribution in [0.25, 0.3) is 0 Å². The molecule has 0 fully saturated rings. The van der Waals surface area contributed by atoms with E-state index < -0.39 is 5.97 Å². The van der Waals surface area contributed by atoms with E-state index in [0.717, 1.165) is 12.8 Å². The summed E-state index contributed by atoms with van der Waals surface area (Å²) in [4.78, 5) is 10.2. The Hall–Kier alpha value is 0.470. The van der Waals surface area contributed by atoms with Gasteiger partial charge in [-0.2, -0.15) is 0 Å². The SMILES string of the molecule is CCCCCCCCC[CH]CCC(=O)O.[NaH]. The van der Waals surface area contributed by atoms with Gasteiger partial charge in [-0.05, 0) is 12.8 Å². The molecular weight excluding hydrogens is 211 g/mol. The van der Waals surface area contributed by atoms with Gasteiger partial charge >= 0.3 is 35.5 Å². The predicted octanol–water partition coefficient (Wildman–Crippen LogP) is 3.55. The molecule has 0 atom stereocenters. The average molecular weight is 237 g/mol. The van der Waals surface area contributed by atoms with Gasteiger partial charge in [-0.15, -0.1) is 0 Å². The van der Waals surface area contributed by atoms with Crippen LogP contribution in [-0.2, 0) is 4.79 Å². The van der Waals surface area contributed by atoms with E-state index >= 15 is 0 Å². The molecule has 0 unspecified atom stereocenters. The summed E-state index contributed by atoms with van der Waals surface area (Å²) in [7, 11) is 0. The zero-order valence-electron chi connectivity index (χ0n) is 10.0. The van der Waals surface area contributed by atoms with Gasteiger partial charge in [0.2, 0.25) is 0 Å². The molecule has 0 saturated heterocycles. The Morgan fingerprint density at radius 3 is 2.12 bits per heavy atom. The van der Waals surface area contributed by atoms with Crippen LogP contribution in [0.2, 0.25) is 0 Å². The Balaban J connectivity index is 0. The van der Waals surface area contributed by atoms with Crippen LogP contribution >= 0.6 is 0 Å². The number of unbranched alkanes of at least 4 members (excludes halogenated alkanes) is 9. The molecule has 0 amide bonds. The topological polar surface area (TPSA) is 37.3 Å². The maximum atomic E-state index is 10.2. The van der Waals surface area contributed by atoms with Crippen molar-refractivity contribution in [2.24, 2.45) is 0 Å². The fourth-order valence-electron chi connectivity index (χ4n) is 1.62. The minimum absolute atomic E-state index is 0. The number of carbonyl (C=O) groups is 1. The minimum atomic E-state index is -0.689. The van der Waals surface area contributed by atoms with Crippen LogP contribution in [0.3, 0.4) is 0 Å². The van der Waals surface area contributed by atoms with E-state index in [4.69, 9.17) is 5.11 Å². The molecule has 0 heterocycles. The quantitative estimate of drug-likeness (QED) is 0.441. The third kappa shape index (κ3) is 16.9. The Bertz CT molecular complexity index is 149. The van der Waals surface area contributed by atoms with Crippen LogP contribution in [0.4, 0.5) is 0 Å². The maximum absolute atomic E-state index is 10.2. The first-order valence-corrected chi connectivity index (χ1v) is 6.30. The van der Waals surface area contributed by atoms with Gasteiger partial charge in [0.1, 0.15) is 0 Å². The van der Waals surface area contributed by atoms with E-state index in [9.17, 15) is 4.79 Å². The van der Waals surface area contributed by atoms with Gasteiger partial charge in [-0.25, -0.2) is 0 Å². The average Bonchev–Trinajstić information content (AvgIpc) is 2.20. The number of hydrogen-bond donors (Lipinski definition) is 1. The fourth-order valence-corrected chi connectivity index (χ4v) is 1.62. The fraction of sp³-hybridized carbons (Fsp3) is 0.846. The van der Waals surface area contributed by atoms with Crippen molar-refractivity contribution in [1.82, 2.24) is 0 Å². The first-order valence-electron chi connectivity index (χ1n) is 6.30. The summed E-state index contributed by atoms with van der Waals surface area (Å²) in [6, 6.07) is 0. The Morgan fingerprint density at radius 2 is 1.56 bits per heavy atom. The van der Waals surface area contributed by atoms with Crippen molar-refractivity contribution >= 4 is 35.5 Å². The summed E-state index contributed by atoms with van der Waals surface area (Å²) in [5.41, 5.74) is 0. The first-order chi connectivity index (χ1) is 7.27. The molecule has 1 radical (unpaired) electrons. The summed E-state index contributed by atoms with van der Waals surface area (Å²) in [5.74, 6) is -0.689. The number of carboxylic acids is 1. The molecule has 0 spiro atoms. The van der Waals surface area contributed by atoms with Crippen molar-refractivity contribution in [3.63, 3.8) is 0 Å². The first kappa shape index (κ1) is 18.8. The van der Waals surface area contributed by atoms with Crippen molar-refractivity contribution in [3.8, 4) is 0 Å². The van der Waals surface area contributed by atoms with E-state index in [1.54, 1.807) is 0 Å². The number of hydrogen-bond acceptors (Lipinski definition) is 1. The zero-order valence-corrected chi connectivity index (χ0v) is 10.0. The Kier molecular flexibility index (Phi) is 18.2. The van der Waals surface area contributed by atoms with Crippen molar-refractivity contribution < 1.29 is 9.90 Å². The molecule has 3 heteroatoms. The van der Waals surface area contributed by atoms with E-state index in [0.29, 0.717) is 0 Å². The number of rotatable bonds is 11. The molecule has 0 aliphatic carbocycles. The summed E-state index contributed by atoms with van der Waals surface area (Å²) in [6.45, 7) is 2.23. The Labute approximate surface area is 122 Å². The van der Waals surface area contributed by atoms with Crippen molar-refractivity contribution in [2.45, 2.75) is 71.1 Å². The summed E-state index contributed by atoms with van der Waals surface area (Å²) in [6.07, 6.45) is 13.5. The van der Waals surface area contributed by atoms with Crippen molar-refractivity contribution in [1.29, 1.82) is 0 Å². The van der Waals surface area contributed by atoms with E-state index in [1.165, 1.54) is 44.9 Å². The van der Waals surface area contributed by atoms with Crippen LogP contribution in [-0.4, -0.2) is 40.6 Å². The van der Waals surface area contributed by atoms with Crippen LogP contribution in [0.15, 0.2) is 0 Å². The third-order valence-electron chi connectivity index (χ3n) is 2.57. The van der Waals surface area contributed by atoms with E-state index in [-0.39, 0.29) is 36.0 Å². The summed E-state index contributed by atoms with van der Waals surface area (Å²) in [5, 5.41) is 8.42. The molecule has 91 valence electrons. The normalized spacial score (nSPS) is 9.81. The second kappa shape index (κ2) is 15.5. The molecule has 0 saturated carbocycles. The third-order valence-corrected chi connectivity index (χ3v) is 2.57. The van der Waals surface area contributed by atoms with Crippen molar-refractivity contribution in [2.75, 3.05) is 0 Å². The number of carboxylic acid groups (broad SMARTS) is 1. The molecule has 0 aromatic heterocycles. The predicted molar refractivity (Wildman–Crippen MR) is 70.9 cm³/mol. The molecule has 0 aliphatic heterocycles. The number of aliphatic carboxylic acids is 1. The van der Waals surface area contributed by atoms with Crippen LogP contribution in [0.1, 0.15) is 71.1 Å². The second-order valence-electron chi connectivity index (χ2n) is 4.13. The van der Waals surface area contributed by atoms with Gasteiger partial charge in [0.15, 0.2) is 0 Å². The monoisotopic (exact) mass is 237 g/mol. The van der Waals surface area contributed by atoms with Crippen molar-refractivity contribution in [3.05, 3.63) is 6.42 Å². The molecule has 2 nitrogen and oxygen atoms in total. The van der Waals surface area contributed by atoms with Gasteiger partial charge in [-0.1, -0.05) is 58.3 Å². The molecule has 0 bridgehead atoms. The standard InChI is InChI=1S/C13H25O2.Na.H/c1-2-3-4-5-6-7-8-9-10-11-12-13(14)15;;/h10H,2-9,11-12H2,1H3,(H,14,15);;. The van der Waals surface area contributed by atoms with Crippen LogP contribution < -0.4 is 0 Å². The molecule has 0 aromatic carbocycles. The van der Waals surface area contributed by atoms with Crippen LogP contribution in [0.5, 0.6) is 0 Å². The van der Waals surface area contributed by atoms with Gasteiger partial charge in [-0.3, -0.25) is 4.79 Å². The molecule has 1 N–H and O–H groups in total. The van der Waals surface area contributed by atoms with Gasteiger partial charge in [0.25, 0.3) is 0 Å². The summed E-state index contributed by atoms with van der Waals surface area (Å²) >= 11 is 0. The van der Waals surface area contributed by atoms with Gasteiger partial charge in [0, 0.05) is 6.42 Å². The van der Waals surface area contributed by atoms with E-state index in [2.05, 4.69) is 13.3 Å². The molecular formula is C13H26NaO2.